The first kappa shape index (κ1) is 13.1. The SMILES string of the molecule is CC(CN1CCNCC1)c1nc(C#N)c2ccccn12. The molecule has 0 radical (unpaired) electrons. The normalized spacial score (nSPS) is 18.0. The van der Waals surface area contributed by atoms with Crippen LogP contribution < -0.4 is 5.32 Å². The molecule has 1 unspecified atom stereocenters. The van der Waals surface area contributed by atoms with Gasteiger partial charge in [-0.15, -0.1) is 0 Å². The maximum atomic E-state index is 9.21. The molecule has 3 rings (SSSR count). The second kappa shape index (κ2) is 5.61. The van der Waals surface area contributed by atoms with Gasteiger partial charge in [0.05, 0.1) is 5.52 Å². The number of nitrogens with one attached hydrogen (secondary N) is 1. The van der Waals surface area contributed by atoms with Gasteiger partial charge < -0.3 is 14.6 Å². The third kappa shape index (κ3) is 2.40. The Morgan fingerprint density at radius 3 is 2.95 bits per heavy atom. The molecule has 2 aromatic heterocycles. The van der Waals surface area contributed by atoms with Gasteiger partial charge in [0, 0.05) is 44.8 Å². The van der Waals surface area contributed by atoms with E-state index in [4.69, 9.17) is 0 Å². The first-order valence-electron chi connectivity index (χ1n) is 7.09. The maximum Gasteiger partial charge on any atom is 0.166 e. The summed E-state index contributed by atoms with van der Waals surface area (Å²) in [5.41, 5.74) is 1.42. The van der Waals surface area contributed by atoms with Gasteiger partial charge in [0.1, 0.15) is 11.9 Å². The Balaban J connectivity index is 1.87. The summed E-state index contributed by atoms with van der Waals surface area (Å²) in [5.74, 6) is 1.29. The summed E-state index contributed by atoms with van der Waals surface area (Å²) in [6.45, 7) is 7.44. The number of hydrogen-bond acceptors (Lipinski definition) is 4. The number of fused-ring (bicyclic) bond motifs is 1. The third-order valence-electron chi connectivity index (χ3n) is 3.86. The van der Waals surface area contributed by atoms with Crippen LogP contribution in [0.5, 0.6) is 0 Å². The molecule has 20 heavy (non-hydrogen) atoms. The lowest BCUT2D eigenvalue weighted by atomic mass is 10.1. The highest BCUT2D eigenvalue weighted by Gasteiger charge is 2.19. The third-order valence-corrected chi connectivity index (χ3v) is 3.86. The van der Waals surface area contributed by atoms with E-state index < -0.39 is 0 Å². The van der Waals surface area contributed by atoms with E-state index in [2.05, 4.69) is 28.2 Å². The quantitative estimate of drug-likeness (QED) is 0.910. The molecule has 0 spiro atoms. The van der Waals surface area contributed by atoms with Crippen molar-refractivity contribution < 1.29 is 0 Å². The molecule has 1 atom stereocenters. The molecule has 0 aliphatic carbocycles. The fourth-order valence-electron chi connectivity index (χ4n) is 2.85. The number of rotatable bonds is 3. The predicted octanol–water partition coefficient (Wildman–Crippen LogP) is 1.21. The van der Waals surface area contributed by atoms with Crippen molar-refractivity contribution in [3.05, 3.63) is 35.9 Å². The smallest absolute Gasteiger partial charge is 0.166 e. The fraction of sp³-hybridized carbons (Fsp3) is 0.467. The van der Waals surface area contributed by atoms with E-state index in [1.807, 2.05) is 28.8 Å². The van der Waals surface area contributed by atoms with Crippen LogP contribution in [0.25, 0.3) is 5.52 Å². The van der Waals surface area contributed by atoms with E-state index in [1.54, 1.807) is 0 Å². The number of hydrogen-bond donors (Lipinski definition) is 1. The van der Waals surface area contributed by atoms with Crippen molar-refractivity contribution in [2.24, 2.45) is 0 Å². The molecule has 1 saturated heterocycles. The van der Waals surface area contributed by atoms with Crippen LogP contribution in [0, 0.1) is 11.3 Å². The summed E-state index contributed by atoms with van der Waals surface area (Å²) in [5, 5.41) is 12.6. The lowest BCUT2D eigenvalue weighted by molar-refractivity contribution is 0.228. The van der Waals surface area contributed by atoms with Crippen molar-refractivity contribution in [1.82, 2.24) is 19.6 Å². The monoisotopic (exact) mass is 269 g/mol. The molecule has 1 fully saturated rings. The summed E-state index contributed by atoms with van der Waals surface area (Å²) in [6, 6.07) is 8.07. The summed E-state index contributed by atoms with van der Waals surface area (Å²) >= 11 is 0. The minimum absolute atomic E-state index is 0.310. The van der Waals surface area contributed by atoms with Gasteiger partial charge in [-0.3, -0.25) is 0 Å². The second-order valence-electron chi connectivity index (χ2n) is 5.34. The van der Waals surface area contributed by atoms with Gasteiger partial charge in [-0.05, 0) is 12.1 Å². The molecule has 0 saturated carbocycles. The first-order chi connectivity index (χ1) is 9.79. The number of nitriles is 1. The molecule has 0 bridgehead atoms. The molecule has 2 aromatic rings. The number of pyridine rings is 1. The van der Waals surface area contributed by atoms with E-state index in [0.29, 0.717) is 11.6 Å². The lowest BCUT2D eigenvalue weighted by Crippen LogP contribution is -2.44. The first-order valence-corrected chi connectivity index (χ1v) is 7.09. The van der Waals surface area contributed by atoms with Crippen LogP contribution in [0.2, 0.25) is 0 Å². The second-order valence-corrected chi connectivity index (χ2v) is 5.34. The van der Waals surface area contributed by atoms with E-state index in [0.717, 1.165) is 44.1 Å². The zero-order chi connectivity index (χ0) is 13.9. The molecule has 5 heteroatoms. The maximum absolute atomic E-state index is 9.21. The zero-order valence-electron chi connectivity index (χ0n) is 11.7. The summed E-state index contributed by atoms with van der Waals surface area (Å²) in [7, 11) is 0. The van der Waals surface area contributed by atoms with Crippen molar-refractivity contribution in [2.75, 3.05) is 32.7 Å². The van der Waals surface area contributed by atoms with Gasteiger partial charge in [-0.25, -0.2) is 4.98 Å². The van der Waals surface area contributed by atoms with Crippen LogP contribution in [-0.2, 0) is 0 Å². The van der Waals surface area contributed by atoms with Crippen molar-refractivity contribution in [3.8, 4) is 6.07 Å². The average molecular weight is 269 g/mol. The standard InChI is InChI=1S/C15H19N5/c1-12(11-19-8-5-17-6-9-19)15-18-13(10-16)14-4-2-3-7-20(14)15/h2-4,7,12,17H,5-6,8-9,11H2,1H3. The minimum atomic E-state index is 0.310. The molecule has 1 aliphatic rings. The highest BCUT2D eigenvalue weighted by Crippen LogP contribution is 2.20. The van der Waals surface area contributed by atoms with Gasteiger partial charge in [0.25, 0.3) is 0 Å². The van der Waals surface area contributed by atoms with E-state index in [1.165, 1.54) is 0 Å². The van der Waals surface area contributed by atoms with Gasteiger partial charge in [-0.2, -0.15) is 5.26 Å². The van der Waals surface area contributed by atoms with Crippen molar-refractivity contribution >= 4 is 5.52 Å². The van der Waals surface area contributed by atoms with Crippen LogP contribution in [0.1, 0.15) is 24.4 Å². The number of piperazine rings is 1. The van der Waals surface area contributed by atoms with Gasteiger partial charge in [0.15, 0.2) is 5.69 Å². The van der Waals surface area contributed by atoms with Gasteiger partial charge in [-0.1, -0.05) is 13.0 Å². The molecule has 3 heterocycles. The fourth-order valence-corrected chi connectivity index (χ4v) is 2.85. The predicted molar refractivity (Wildman–Crippen MR) is 77.6 cm³/mol. The Hall–Kier alpha value is -1.90. The van der Waals surface area contributed by atoms with Crippen LogP contribution >= 0.6 is 0 Å². The van der Waals surface area contributed by atoms with E-state index >= 15 is 0 Å². The molecular weight excluding hydrogens is 250 g/mol. The highest BCUT2D eigenvalue weighted by atomic mass is 15.2. The molecular formula is C15H19N5. The Bertz CT molecular complexity index is 633. The van der Waals surface area contributed by atoms with Gasteiger partial charge in [0.2, 0.25) is 0 Å². The number of imidazole rings is 1. The summed E-state index contributed by atoms with van der Waals surface area (Å²) in [6.07, 6.45) is 1.99. The Labute approximate surface area is 118 Å². The Morgan fingerprint density at radius 1 is 1.40 bits per heavy atom. The van der Waals surface area contributed by atoms with Crippen molar-refractivity contribution in [2.45, 2.75) is 12.8 Å². The Morgan fingerprint density at radius 2 is 2.20 bits per heavy atom. The minimum Gasteiger partial charge on any atom is -0.314 e. The molecule has 1 aliphatic heterocycles. The number of aromatic nitrogens is 2. The van der Waals surface area contributed by atoms with E-state index in [-0.39, 0.29) is 0 Å². The topological polar surface area (TPSA) is 56.4 Å². The van der Waals surface area contributed by atoms with Gasteiger partial charge >= 0.3 is 0 Å². The van der Waals surface area contributed by atoms with Crippen LogP contribution in [-0.4, -0.2) is 47.0 Å². The molecule has 0 aromatic carbocycles. The number of nitrogens with zero attached hydrogens (tertiary/aromatic N) is 4. The summed E-state index contributed by atoms with van der Waals surface area (Å²) < 4.78 is 2.05. The molecule has 104 valence electrons. The molecule has 5 nitrogen and oxygen atoms in total. The Kier molecular flexibility index (Phi) is 3.68. The summed E-state index contributed by atoms with van der Waals surface area (Å²) in [4.78, 5) is 6.99. The molecule has 1 N–H and O–H groups in total. The van der Waals surface area contributed by atoms with Crippen LogP contribution in [0.3, 0.4) is 0 Å². The highest BCUT2D eigenvalue weighted by molar-refractivity contribution is 5.58. The largest absolute Gasteiger partial charge is 0.314 e. The van der Waals surface area contributed by atoms with Crippen molar-refractivity contribution in [3.63, 3.8) is 0 Å². The van der Waals surface area contributed by atoms with E-state index in [9.17, 15) is 5.26 Å². The van der Waals surface area contributed by atoms with Crippen LogP contribution in [0.15, 0.2) is 24.4 Å². The van der Waals surface area contributed by atoms with Crippen LogP contribution in [0.4, 0.5) is 0 Å². The van der Waals surface area contributed by atoms with Crippen molar-refractivity contribution in [1.29, 1.82) is 5.26 Å². The average Bonchev–Trinajstić information content (AvgIpc) is 2.87. The molecule has 0 amide bonds. The zero-order valence-corrected chi connectivity index (χ0v) is 11.7. The lowest BCUT2D eigenvalue weighted by Gasteiger charge is -2.29.